The van der Waals surface area contributed by atoms with Crippen molar-refractivity contribution < 1.29 is 19.0 Å². The number of benzene rings is 1. The molecule has 18 heavy (non-hydrogen) atoms. The summed E-state index contributed by atoms with van der Waals surface area (Å²) < 4.78 is 17.3. The minimum atomic E-state index is -0.422. The van der Waals surface area contributed by atoms with Gasteiger partial charge in [0.05, 0.1) is 7.11 Å². The molecule has 0 amide bonds. The monoisotopic (exact) mass is 254 g/mol. The second-order valence-electron chi connectivity index (χ2n) is 4.26. The van der Waals surface area contributed by atoms with Crippen molar-refractivity contribution in [1.82, 2.24) is 0 Å². The lowest BCUT2D eigenvalue weighted by atomic mass is 10.0. The molecule has 1 aromatic carbocycles. The predicted molar refractivity (Wildman–Crippen MR) is 66.9 cm³/mol. The van der Waals surface area contributed by atoms with Crippen LogP contribution in [0.25, 0.3) is 0 Å². The van der Waals surface area contributed by atoms with Crippen molar-refractivity contribution >= 4 is 5.97 Å². The second kappa shape index (κ2) is 7.69. The molecule has 1 aromatic rings. The smallest absolute Gasteiger partial charge is 0.305 e. The SMILES string of the molecule is COC(=O)CCCCCCc1ccc(F)cc1O. The maximum Gasteiger partial charge on any atom is 0.305 e. The summed E-state index contributed by atoms with van der Waals surface area (Å²) in [6.07, 6.45) is 4.86. The van der Waals surface area contributed by atoms with E-state index in [0.717, 1.165) is 43.7 Å². The van der Waals surface area contributed by atoms with Gasteiger partial charge in [-0.05, 0) is 30.9 Å². The van der Waals surface area contributed by atoms with E-state index >= 15 is 0 Å². The lowest BCUT2D eigenvalue weighted by Gasteiger charge is -2.04. The van der Waals surface area contributed by atoms with Crippen molar-refractivity contribution in [3.8, 4) is 5.75 Å². The van der Waals surface area contributed by atoms with Crippen LogP contribution in [-0.2, 0) is 16.0 Å². The van der Waals surface area contributed by atoms with Crippen LogP contribution in [-0.4, -0.2) is 18.2 Å². The first-order valence-electron chi connectivity index (χ1n) is 6.17. The highest BCUT2D eigenvalue weighted by molar-refractivity contribution is 5.68. The number of hydrogen-bond acceptors (Lipinski definition) is 3. The van der Waals surface area contributed by atoms with Gasteiger partial charge in [-0.25, -0.2) is 4.39 Å². The molecule has 100 valence electrons. The molecule has 0 fully saturated rings. The molecular formula is C14H19FO3. The van der Waals surface area contributed by atoms with Crippen molar-refractivity contribution in [3.05, 3.63) is 29.6 Å². The number of aryl methyl sites for hydroxylation is 1. The van der Waals surface area contributed by atoms with Gasteiger partial charge < -0.3 is 9.84 Å². The van der Waals surface area contributed by atoms with Crippen LogP contribution < -0.4 is 0 Å². The fourth-order valence-corrected chi connectivity index (χ4v) is 1.79. The molecule has 0 atom stereocenters. The highest BCUT2D eigenvalue weighted by Gasteiger charge is 2.03. The molecule has 0 saturated heterocycles. The number of phenolic OH excluding ortho intramolecular Hbond substituents is 1. The van der Waals surface area contributed by atoms with Crippen molar-refractivity contribution in [2.24, 2.45) is 0 Å². The summed E-state index contributed by atoms with van der Waals surface area (Å²) in [5, 5.41) is 9.50. The first kappa shape index (κ1) is 14.5. The maximum atomic E-state index is 12.7. The molecule has 4 heteroatoms. The molecule has 0 aliphatic heterocycles. The van der Waals surface area contributed by atoms with Gasteiger partial charge in [0.1, 0.15) is 11.6 Å². The van der Waals surface area contributed by atoms with Crippen LogP contribution in [0.2, 0.25) is 0 Å². The Morgan fingerprint density at radius 1 is 1.28 bits per heavy atom. The summed E-state index contributed by atoms with van der Waals surface area (Å²) in [7, 11) is 1.39. The van der Waals surface area contributed by atoms with Gasteiger partial charge >= 0.3 is 5.97 Å². The fraction of sp³-hybridized carbons (Fsp3) is 0.500. The van der Waals surface area contributed by atoms with Crippen LogP contribution in [0.3, 0.4) is 0 Å². The number of rotatable bonds is 7. The van der Waals surface area contributed by atoms with Crippen molar-refractivity contribution in [2.45, 2.75) is 38.5 Å². The number of carbonyl (C=O) groups excluding carboxylic acids is 1. The molecule has 0 bridgehead atoms. The average Bonchev–Trinajstić information content (AvgIpc) is 2.35. The van der Waals surface area contributed by atoms with Crippen molar-refractivity contribution in [1.29, 1.82) is 0 Å². The third-order valence-corrected chi connectivity index (χ3v) is 2.85. The molecule has 0 saturated carbocycles. The zero-order valence-electron chi connectivity index (χ0n) is 10.6. The van der Waals surface area contributed by atoms with E-state index in [-0.39, 0.29) is 11.7 Å². The highest BCUT2D eigenvalue weighted by atomic mass is 19.1. The number of halogens is 1. The van der Waals surface area contributed by atoms with E-state index in [0.29, 0.717) is 6.42 Å². The van der Waals surface area contributed by atoms with Crippen LogP contribution in [0.15, 0.2) is 18.2 Å². The molecule has 0 spiro atoms. The normalized spacial score (nSPS) is 10.3. The minimum absolute atomic E-state index is 0.0181. The summed E-state index contributed by atoms with van der Waals surface area (Å²) in [5.41, 5.74) is 0.768. The molecule has 0 heterocycles. The number of phenols is 1. The average molecular weight is 254 g/mol. The van der Waals surface area contributed by atoms with Gasteiger partial charge in [0.25, 0.3) is 0 Å². The second-order valence-corrected chi connectivity index (χ2v) is 4.26. The summed E-state index contributed by atoms with van der Waals surface area (Å²) in [6, 6.07) is 4.10. The maximum absolute atomic E-state index is 12.7. The number of methoxy groups -OCH3 is 1. The van der Waals surface area contributed by atoms with Gasteiger partial charge in [0.15, 0.2) is 0 Å². The molecule has 0 aliphatic carbocycles. The van der Waals surface area contributed by atoms with Crippen molar-refractivity contribution in [3.63, 3.8) is 0 Å². The van der Waals surface area contributed by atoms with E-state index in [4.69, 9.17) is 0 Å². The largest absolute Gasteiger partial charge is 0.508 e. The lowest BCUT2D eigenvalue weighted by Crippen LogP contribution is -1.99. The Balaban J connectivity index is 2.16. The van der Waals surface area contributed by atoms with Crippen LogP contribution >= 0.6 is 0 Å². The molecule has 3 nitrogen and oxygen atoms in total. The molecular weight excluding hydrogens is 235 g/mol. The van der Waals surface area contributed by atoms with E-state index in [2.05, 4.69) is 4.74 Å². The lowest BCUT2D eigenvalue weighted by molar-refractivity contribution is -0.140. The Hall–Kier alpha value is -1.58. The zero-order chi connectivity index (χ0) is 13.4. The summed E-state index contributed by atoms with van der Waals surface area (Å²) in [6.45, 7) is 0. The van der Waals surface area contributed by atoms with E-state index in [9.17, 15) is 14.3 Å². The molecule has 0 unspecified atom stereocenters. The molecule has 1 rings (SSSR count). The Labute approximate surface area is 107 Å². The first-order chi connectivity index (χ1) is 8.63. The topological polar surface area (TPSA) is 46.5 Å². The van der Waals surface area contributed by atoms with E-state index in [1.807, 2.05) is 0 Å². The number of esters is 1. The standard InChI is InChI=1S/C14H19FO3/c1-18-14(17)7-5-3-2-4-6-11-8-9-12(15)10-13(11)16/h8-10,16H,2-7H2,1H3. The third-order valence-electron chi connectivity index (χ3n) is 2.85. The van der Waals surface area contributed by atoms with Crippen LogP contribution in [0.1, 0.15) is 37.7 Å². The zero-order valence-corrected chi connectivity index (χ0v) is 10.6. The Kier molecular flexibility index (Phi) is 6.19. The number of ether oxygens (including phenoxy) is 1. The van der Waals surface area contributed by atoms with Gasteiger partial charge in [-0.15, -0.1) is 0 Å². The molecule has 0 radical (unpaired) electrons. The quantitative estimate of drug-likeness (QED) is 0.600. The fourth-order valence-electron chi connectivity index (χ4n) is 1.79. The Bertz CT molecular complexity index is 391. The molecule has 0 aliphatic rings. The van der Waals surface area contributed by atoms with Gasteiger partial charge in [0, 0.05) is 12.5 Å². The number of unbranched alkanes of at least 4 members (excludes halogenated alkanes) is 3. The van der Waals surface area contributed by atoms with Crippen LogP contribution in [0.5, 0.6) is 5.75 Å². The van der Waals surface area contributed by atoms with E-state index in [1.54, 1.807) is 6.07 Å². The highest BCUT2D eigenvalue weighted by Crippen LogP contribution is 2.20. The minimum Gasteiger partial charge on any atom is -0.508 e. The number of aromatic hydroxyl groups is 1. The van der Waals surface area contributed by atoms with Crippen molar-refractivity contribution in [2.75, 3.05) is 7.11 Å². The molecule has 0 aromatic heterocycles. The first-order valence-corrected chi connectivity index (χ1v) is 6.17. The molecule has 1 N–H and O–H groups in total. The van der Waals surface area contributed by atoms with Gasteiger partial charge in [0.2, 0.25) is 0 Å². The van der Waals surface area contributed by atoms with Gasteiger partial charge in [-0.2, -0.15) is 0 Å². The van der Waals surface area contributed by atoms with Gasteiger partial charge in [-0.3, -0.25) is 4.79 Å². The Morgan fingerprint density at radius 2 is 2.00 bits per heavy atom. The summed E-state index contributed by atoms with van der Waals surface area (Å²) in [5.74, 6) is -0.579. The van der Waals surface area contributed by atoms with E-state index in [1.165, 1.54) is 13.2 Å². The van der Waals surface area contributed by atoms with E-state index < -0.39 is 5.82 Å². The van der Waals surface area contributed by atoms with Crippen LogP contribution in [0.4, 0.5) is 4.39 Å². The number of hydrogen-bond donors (Lipinski definition) is 1. The number of carbonyl (C=O) groups is 1. The van der Waals surface area contributed by atoms with Crippen LogP contribution in [0, 0.1) is 5.82 Å². The predicted octanol–water partition coefficient (Wildman–Crippen LogP) is 3.20. The summed E-state index contributed by atoms with van der Waals surface area (Å²) in [4.78, 5) is 10.9. The van der Waals surface area contributed by atoms with Gasteiger partial charge in [-0.1, -0.05) is 18.9 Å². The summed E-state index contributed by atoms with van der Waals surface area (Å²) >= 11 is 0. The Morgan fingerprint density at radius 3 is 2.67 bits per heavy atom. The third kappa shape index (κ3) is 5.17.